The zero-order valence-electron chi connectivity index (χ0n) is 12.2. The van der Waals surface area contributed by atoms with Crippen LogP contribution in [0.15, 0.2) is 6.33 Å². The number of anilines is 1. The fourth-order valence-electron chi connectivity index (χ4n) is 3.31. The Morgan fingerprint density at radius 2 is 2.15 bits per heavy atom. The Balaban J connectivity index is 1.92. The number of aryl methyl sites for hydroxylation is 1. The summed E-state index contributed by atoms with van der Waals surface area (Å²) < 4.78 is 6.09. The number of halogens is 1. The minimum Gasteiger partial charge on any atom is -0.368 e. The molecule has 1 fully saturated rings. The topological polar surface area (TPSA) is 38.2 Å². The third-order valence-electron chi connectivity index (χ3n) is 4.06. The summed E-state index contributed by atoms with van der Waals surface area (Å²) in [4.78, 5) is 11.5. The lowest BCUT2D eigenvalue weighted by Crippen LogP contribution is -2.54. The molecule has 1 aromatic rings. The third kappa shape index (κ3) is 2.84. The van der Waals surface area contributed by atoms with E-state index < -0.39 is 0 Å². The second kappa shape index (κ2) is 5.60. The van der Waals surface area contributed by atoms with Crippen molar-refractivity contribution < 1.29 is 4.74 Å². The number of hydrogen-bond donors (Lipinski definition) is 0. The Morgan fingerprint density at radius 3 is 2.95 bits per heavy atom. The number of fused-ring (bicyclic) bond motifs is 1. The van der Waals surface area contributed by atoms with Gasteiger partial charge in [-0.25, -0.2) is 9.97 Å². The normalized spacial score (nSPS) is 25.4. The van der Waals surface area contributed by atoms with E-state index in [0.717, 1.165) is 37.1 Å². The predicted octanol–water partition coefficient (Wildman–Crippen LogP) is 2.73. The van der Waals surface area contributed by atoms with Crippen LogP contribution in [-0.2, 0) is 17.6 Å². The first kappa shape index (κ1) is 14.3. The lowest BCUT2D eigenvalue weighted by Gasteiger charge is -2.43. The molecule has 0 bridgehead atoms. The molecule has 2 heterocycles. The Kier molecular flexibility index (Phi) is 4.00. The highest BCUT2D eigenvalue weighted by atomic mass is 79.9. The van der Waals surface area contributed by atoms with Crippen LogP contribution in [0.1, 0.15) is 37.9 Å². The largest absolute Gasteiger partial charge is 0.368 e. The summed E-state index contributed by atoms with van der Waals surface area (Å²) in [5, 5.41) is 0.861. The van der Waals surface area contributed by atoms with Crippen LogP contribution in [0, 0.1) is 0 Å². The molecule has 1 aliphatic carbocycles. The SMILES string of the molecule is CC1(C)CN(c2ncnc3c2CCCC3)CC(CBr)O1. The molecule has 2 aliphatic rings. The van der Waals surface area contributed by atoms with Gasteiger partial charge in [-0.05, 0) is 39.5 Å². The minimum absolute atomic E-state index is 0.136. The monoisotopic (exact) mass is 339 g/mol. The number of ether oxygens (including phenoxy) is 1. The van der Waals surface area contributed by atoms with Gasteiger partial charge in [0.1, 0.15) is 12.1 Å². The summed E-state index contributed by atoms with van der Waals surface area (Å²) in [6.45, 7) is 6.10. The van der Waals surface area contributed by atoms with Crippen molar-refractivity contribution in [3.05, 3.63) is 17.6 Å². The van der Waals surface area contributed by atoms with Gasteiger partial charge in [0.2, 0.25) is 0 Å². The van der Waals surface area contributed by atoms with Gasteiger partial charge < -0.3 is 9.64 Å². The fraction of sp³-hybridized carbons (Fsp3) is 0.733. The first-order chi connectivity index (χ1) is 9.59. The van der Waals surface area contributed by atoms with Gasteiger partial charge in [0.15, 0.2) is 0 Å². The Hall–Kier alpha value is -0.680. The van der Waals surface area contributed by atoms with E-state index in [4.69, 9.17) is 4.74 Å². The summed E-state index contributed by atoms with van der Waals surface area (Å²) in [5.74, 6) is 1.14. The molecule has 0 N–H and O–H groups in total. The van der Waals surface area contributed by atoms with Crippen LogP contribution in [0.25, 0.3) is 0 Å². The van der Waals surface area contributed by atoms with E-state index in [-0.39, 0.29) is 11.7 Å². The van der Waals surface area contributed by atoms with Crippen LogP contribution < -0.4 is 4.90 Å². The summed E-state index contributed by atoms with van der Waals surface area (Å²) in [7, 11) is 0. The predicted molar refractivity (Wildman–Crippen MR) is 83.6 cm³/mol. The number of alkyl halides is 1. The van der Waals surface area contributed by atoms with Crippen molar-refractivity contribution in [3.63, 3.8) is 0 Å². The van der Waals surface area contributed by atoms with Crippen molar-refractivity contribution in [2.45, 2.75) is 51.2 Å². The van der Waals surface area contributed by atoms with Crippen LogP contribution in [0.2, 0.25) is 0 Å². The quantitative estimate of drug-likeness (QED) is 0.776. The summed E-state index contributed by atoms with van der Waals surface area (Å²) >= 11 is 3.55. The van der Waals surface area contributed by atoms with E-state index in [1.807, 2.05) is 0 Å². The maximum absolute atomic E-state index is 6.09. The molecule has 3 rings (SSSR count). The molecule has 1 unspecified atom stereocenters. The number of hydrogen-bond acceptors (Lipinski definition) is 4. The van der Waals surface area contributed by atoms with Gasteiger partial charge in [0.05, 0.1) is 11.7 Å². The summed E-state index contributed by atoms with van der Waals surface area (Å²) in [6, 6.07) is 0. The molecule has 0 saturated carbocycles. The third-order valence-corrected chi connectivity index (χ3v) is 4.78. The number of morpholine rings is 1. The van der Waals surface area contributed by atoms with Gasteiger partial charge in [-0.2, -0.15) is 0 Å². The van der Waals surface area contributed by atoms with Crippen molar-refractivity contribution in [3.8, 4) is 0 Å². The van der Waals surface area contributed by atoms with E-state index in [2.05, 4.69) is 44.6 Å². The highest BCUT2D eigenvalue weighted by molar-refractivity contribution is 9.09. The molecule has 1 atom stereocenters. The van der Waals surface area contributed by atoms with E-state index >= 15 is 0 Å². The van der Waals surface area contributed by atoms with Crippen LogP contribution in [0.3, 0.4) is 0 Å². The highest BCUT2D eigenvalue weighted by Gasteiger charge is 2.34. The number of nitrogens with zero attached hydrogens (tertiary/aromatic N) is 3. The molecule has 110 valence electrons. The van der Waals surface area contributed by atoms with Crippen LogP contribution in [-0.4, -0.2) is 40.1 Å². The van der Waals surface area contributed by atoms with Crippen LogP contribution in [0.4, 0.5) is 5.82 Å². The molecule has 0 radical (unpaired) electrons. The average molecular weight is 340 g/mol. The van der Waals surface area contributed by atoms with Crippen LogP contribution >= 0.6 is 15.9 Å². The maximum Gasteiger partial charge on any atom is 0.135 e. The smallest absolute Gasteiger partial charge is 0.135 e. The Bertz CT molecular complexity index is 492. The van der Waals surface area contributed by atoms with Crippen molar-refractivity contribution >= 4 is 21.7 Å². The molecule has 0 spiro atoms. The van der Waals surface area contributed by atoms with E-state index in [0.29, 0.717) is 0 Å². The average Bonchev–Trinajstić information content (AvgIpc) is 2.45. The summed E-state index contributed by atoms with van der Waals surface area (Å²) in [6.07, 6.45) is 6.66. The number of aromatic nitrogens is 2. The van der Waals surface area contributed by atoms with Crippen molar-refractivity contribution in [1.29, 1.82) is 0 Å². The standard InChI is InChI=1S/C15H22BrN3O/c1-15(2)9-19(8-11(7-16)20-15)14-12-5-3-4-6-13(12)17-10-18-14/h10-11H,3-9H2,1-2H3. The zero-order valence-corrected chi connectivity index (χ0v) is 13.8. The van der Waals surface area contributed by atoms with Gasteiger partial charge in [-0.3, -0.25) is 0 Å². The molecular formula is C15H22BrN3O. The van der Waals surface area contributed by atoms with Crippen molar-refractivity contribution in [1.82, 2.24) is 9.97 Å². The molecule has 5 heteroatoms. The summed E-state index contributed by atoms with van der Waals surface area (Å²) in [5.41, 5.74) is 2.48. The molecule has 0 aromatic carbocycles. The van der Waals surface area contributed by atoms with Crippen molar-refractivity contribution in [2.24, 2.45) is 0 Å². The van der Waals surface area contributed by atoms with Gasteiger partial charge >= 0.3 is 0 Å². The molecule has 1 aliphatic heterocycles. The second-order valence-corrected chi connectivity index (χ2v) is 7.01. The molecular weight excluding hydrogens is 318 g/mol. The Labute approximate surface area is 129 Å². The maximum atomic E-state index is 6.09. The van der Waals surface area contributed by atoms with Gasteiger partial charge in [-0.15, -0.1) is 0 Å². The minimum atomic E-state index is -0.136. The Morgan fingerprint density at radius 1 is 1.35 bits per heavy atom. The fourth-order valence-corrected chi connectivity index (χ4v) is 3.65. The number of rotatable bonds is 2. The van der Waals surface area contributed by atoms with E-state index in [1.54, 1.807) is 6.33 Å². The first-order valence-corrected chi connectivity index (χ1v) is 8.53. The second-order valence-electron chi connectivity index (χ2n) is 6.36. The van der Waals surface area contributed by atoms with E-state index in [9.17, 15) is 0 Å². The lowest BCUT2D eigenvalue weighted by molar-refractivity contribution is -0.0726. The molecule has 20 heavy (non-hydrogen) atoms. The van der Waals surface area contributed by atoms with Gasteiger partial charge in [0.25, 0.3) is 0 Å². The molecule has 1 aromatic heterocycles. The first-order valence-electron chi connectivity index (χ1n) is 7.40. The van der Waals surface area contributed by atoms with Crippen molar-refractivity contribution in [2.75, 3.05) is 23.3 Å². The van der Waals surface area contributed by atoms with E-state index in [1.165, 1.54) is 24.1 Å². The molecule has 0 amide bonds. The zero-order chi connectivity index (χ0) is 14.2. The molecule has 1 saturated heterocycles. The lowest BCUT2D eigenvalue weighted by atomic mass is 9.95. The van der Waals surface area contributed by atoms with Gasteiger partial charge in [0, 0.05) is 29.7 Å². The van der Waals surface area contributed by atoms with Gasteiger partial charge in [-0.1, -0.05) is 15.9 Å². The van der Waals surface area contributed by atoms with Crippen LogP contribution in [0.5, 0.6) is 0 Å². The molecule has 4 nitrogen and oxygen atoms in total. The highest BCUT2D eigenvalue weighted by Crippen LogP contribution is 2.31.